The van der Waals surface area contributed by atoms with Crippen molar-refractivity contribution >= 4 is 44.6 Å². The van der Waals surface area contributed by atoms with Gasteiger partial charge in [0, 0.05) is 82.1 Å². The molecule has 0 spiro atoms. The molecule has 5 aliphatic rings. The van der Waals surface area contributed by atoms with Crippen LogP contribution in [0.4, 0.5) is 22.7 Å². The van der Waals surface area contributed by atoms with Gasteiger partial charge in [-0.2, -0.15) is 12.1 Å². The summed E-state index contributed by atoms with van der Waals surface area (Å²) in [5, 5.41) is 1.94. The zero-order valence-electron chi connectivity index (χ0n) is 49.1. The number of benzene rings is 9. The van der Waals surface area contributed by atoms with Crippen molar-refractivity contribution in [2.75, 3.05) is 9.80 Å². The molecule has 352 valence electrons. The predicted molar refractivity (Wildman–Crippen MR) is 289 cm³/mol. The number of hydrogen-bond donors (Lipinski definition) is 0. The van der Waals surface area contributed by atoms with Gasteiger partial charge >= 0.3 is 0 Å². The molecule has 12 bridgehead atoms. The van der Waals surface area contributed by atoms with E-state index in [1.807, 2.05) is 70.1 Å². The summed E-state index contributed by atoms with van der Waals surface area (Å²) in [4.78, 5) is 8.60. The van der Waals surface area contributed by atoms with E-state index in [1.54, 1.807) is 96.6 Å². The molecule has 7 heterocycles. The average Bonchev–Trinajstić information content (AvgIpc) is 3.62. The maximum Gasteiger partial charge on any atom is 0.135 e. The molecular weight excluding hydrogens is 1060 g/mol. The summed E-state index contributed by atoms with van der Waals surface area (Å²) in [6, 6.07) is 51.5. The van der Waals surface area contributed by atoms with Gasteiger partial charge in [-0.3, -0.25) is 0 Å². The van der Waals surface area contributed by atoms with Crippen LogP contribution >= 0.6 is 0 Å². The Bertz CT molecular complexity index is 4360. The molecule has 5 aliphatic heterocycles. The van der Waals surface area contributed by atoms with Crippen LogP contribution in [0, 0.1) is 25.7 Å². The first kappa shape index (κ1) is 35.0. The van der Waals surface area contributed by atoms with Crippen molar-refractivity contribution in [3.05, 3.63) is 236 Å². The minimum Gasteiger partial charge on any atom is -0.509 e. The van der Waals surface area contributed by atoms with Crippen LogP contribution in [-0.2, 0) is 26.5 Å². The number of para-hydroxylation sites is 3. The maximum atomic E-state index is 9.70. The molecule has 72 heavy (non-hydrogen) atoms. The van der Waals surface area contributed by atoms with Crippen molar-refractivity contribution in [2.24, 2.45) is 0 Å². The molecule has 16 rings (SSSR count). The largest absolute Gasteiger partial charge is 0.509 e. The number of aromatic nitrogens is 2. The third-order valence-corrected chi connectivity index (χ3v) is 13.1. The summed E-state index contributed by atoms with van der Waals surface area (Å²) in [6.07, 6.45) is 1.72. The van der Waals surface area contributed by atoms with Crippen molar-refractivity contribution in [2.45, 2.75) is 33.0 Å². The second-order valence-corrected chi connectivity index (χ2v) is 18.6. The van der Waals surface area contributed by atoms with Crippen LogP contribution in [0.15, 0.2) is 206 Å². The standard InChI is InChI=1S/C65H47N4O2.Pt/c1-42-36-47-26-34-62(42)71-51-29-24-46(25-30-51)55-17-11-16-54(45-22-20-44(21-23-45)43-12-6-5-7-13-43)64(55)68-41-67(59-18-8-9-19-60(59)68)50-14-10-15-52(38-50)70-53-31-32-56-57-37-49(65(2,3)4)28-33-58(57)69(61(56)39-53)63-35-27-48(47)40-66-63;/h5-37,40-41H,1-4H3;/q-3;/i1D3,11D,16D,17D,20D,21D,22D,23D;. The smallest absolute Gasteiger partial charge is 0.135 e. The first-order valence-electron chi connectivity index (χ1n) is 28.3. The quantitative estimate of drug-likeness (QED) is 0.161. The van der Waals surface area contributed by atoms with E-state index in [0.29, 0.717) is 62.1 Å². The molecule has 0 unspecified atom stereocenters. The van der Waals surface area contributed by atoms with Crippen LogP contribution in [0.1, 0.15) is 45.6 Å². The van der Waals surface area contributed by atoms with E-state index >= 15 is 0 Å². The first-order valence-corrected chi connectivity index (χ1v) is 23.3. The number of fused-ring (bicyclic) bond motifs is 6. The Morgan fingerprint density at radius 3 is 2.07 bits per heavy atom. The zero-order valence-corrected chi connectivity index (χ0v) is 41.4. The molecule has 7 heteroatoms. The summed E-state index contributed by atoms with van der Waals surface area (Å²) >= 11 is 0. The molecule has 6 nitrogen and oxygen atoms in total. The minimum absolute atomic E-state index is 0. The number of ether oxygens (including phenoxy) is 2. The second kappa shape index (κ2) is 17.9. The zero-order chi connectivity index (χ0) is 56.4. The van der Waals surface area contributed by atoms with Crippen LogP contribution in [-0.4, -0.2) is 9.55 Å². The minimum atomic E-state index is -2.60. The molecule has 2 aromatic heterocycles. The van der Waals surface area contributed by atoms with Gasteiger partial charge in [-0.15, -0.1) is 48.1 Å². The third kappa shape index (κ3) is 7.93. The summed E-state index contributed by atoms with van der Waals surface area (Å²) in [6.45, 7) is 5.69. The Labute approximate surface area is 448 Å². The molecule has 0 aliphatic carbocycles. The van der Waals surface area contributed by atoms with Gasteiger partial charge in [-0.1, -0.05) is 141 Å². The molecule has 11 aromatic rings. The number of rotatable bonds is 2. The Kier molecular flexibility index (Phi) is 8.70. The number of anilines is 4. The van der Waals surface area contributed by atoms with Crippen LogP contribution in [0.2, 0.25) is 0 Å². The fraction of sp³-hybridized carbons (Fsp3) is 0.0769. The summed E-state index contributed by atoms with van der Waals surface area (Å²) in [5.41, 5.74) is 6.53. The van der Waals surface area contributed by atoms with E-state index in [2.05, 4.69) is 51.1 Å². The second-order valence-electron chi connectivity index (χ2n) is 18.6. The maximum absolute atomic E-state index is 9.70. The van der Waals surface area contributed by atoms with Crippen molar-refractivity contribution in [3.63, 3.8) is 0 Å². The summed E-state index contributed by atoms with van der Waals surface area (Å²) in [7, 11) is 0. The van der Waals surface area contributed by atoms with Crippen LogP contribution in [0.25, 0.3) is 72.1 Å². The molecular formula is C65H47N4O2Pt-3. The van der Waals surface area contributed by atoms with Gasteiger partial charge < -0.3 is 23.8 Å². The molecule has 0 saturated carbocycles. The predicted octanol–water partition coefficient (Wildman–Crippen LogP) is 17.4. The van der Waals surface area contributed by atoms with E-state index in [4.69, 9.17) is 18.6 Å². The van der Waals surface area contributed by atoms with Crippen LogP contribution < -0.4 is 19.3 Å². The molecule has 9 aromatic carbocycles. The topological polar surface area (TPSA) is 42.8 Å². The molecule has 0 saturated heterocycles. The molecule has 0 radical (unpaired) electrons. The normalized spacial score (nSPS) is 14.9. The van der Waals surface area contributed by atoms with Crippen molar-refractivity contribution in [1.29, 1.82) is 0 Å². The van der Waals surface area contributed by atoms with Gasteiger partial charge in [-0.05, 0) is 111 Å². The van der Waals surface area contributed by atoms with Gasteiger partial charge in [0.15, 0.2) is 0 Å². The Morgan fingerprint density at radius 2 is 1.31 bits per heavy atom. The van der Waals surface area contributed by atoms with Gasteiger partial charge in [0.1, 0.15) is 17.3 Å². The number of nitrogens with zero attached hydrogens (tertiary/aromatic N) is 4. The van der Waals surface area contributed by atoms with E-state index in [9.17, 15) is 9.60 Å². The van der Waals surface area contributed by atoms with E-state index in [1.165, 1.54) is 0 Å². The van der Waals surface area contributed by atoms with E-state index < -0.39 is 31.0 Å². The van der Waals surface area contributed by atoms with Crippen molar-refractivity contribution in [1.82, 2.24) is 9.55 Å². The Morgan fingerprint density at radius 1 is 0.583 bits per heavy atom. The Balaban J connectivity index is 0.00000665. The first-order chi connectivity index (χ1) is 38.8. The van der Waals surface area contributed by atoms with E-state index in [0.717, 1.165) is 21.9 Å². The SMILES string of the molecule is [2H]c1c([2H])c2c(c(-c3c([2H])c([2H])c(-c4ccccc4)c([2H])c3[2H])c1[2H])N1[CH-]N(c3[c-]c(ccc3)Oc3[c-]c4c(cc3)c3cc(C(C)(C)C)ccc3n4-c3ccc(cn3)-c3ccc(c(C([2H])([2H])[2H])c3)Oc3ccc-2cc3)c2ccccc21.[Pt]. The summed E-state index contributed by atoms with van der Waals surface area (Å²) < 4.78 is 108. The molecule has 0 amide bonds. The Hall–Kier alpha value is -8.18. The monoisotopic (exact) mass is 1120 g/mol. The third-order valence-electron chi connectivity index (χ3n) is 13.1. The van der Waals surface area contributed by atoms with Crippen molar-refractivity contribution < 1.29 is 44.2 Å². The fourth-order valence-electron chi connectivity index (χ4n) is 9.45. The van der Waals surface area contributed by atoms with Crippen LogP contribution in [0.3, 0.4) is 0 Å². The number of aryl methyl sites for hydroxylation is 1. The van der Waals surface area contributed by atoms with E-state index in [-0.39, 0.29) is 89.6 Å². The van der Waals surface area contributed by atoms with Crippen molar-refractivity contribution in [3.8, 4) is 73.3 Å². The van der Waals surface area contributed by atoms with Gasteiger partial charge in [0.05, 0.1) is 9.60 Å². The van der Waals surface area contributed by atoms with Crippen LogP contribution in [0.5, 0.6) is 23.0 Å². The average molecular weight is 1120 g/mol. The number of hydrogen-bond acceptors (Lipinski definition) is 5. The summed E-state index contributed by atoms with van der Waals surface area (Å²) in [5.74, 6) is 1.73. The fourth-order valence-corrected chi connectivity index (χ4v) is 9.45. The number of pyridine rings is 1. The molecule has 0 N–H and O–H groups in total. The molecule has 0 fully saturated rings. The van der Waals surface area contributed by atoms with Gasteiger partial charge in [0.25, 0.3) is 0 Å². The molecule has 0 atom stereocenters. The van der Waals surface area contributed by atoms with Gasteiger partial charge in [-0.25, -0.2) is 4.98 Å². The van der Waals surface area contributed by atoms with Gasteiger partial charge in [0.2, 0.25) is 0 Å².